The Kier molecular flexibility index (Phi) is 4.65. The van der Waals surface area contributed by atoms with Crippen LogP contribution in [-0.2, 0) is 0 Å². The molecule has 0 spiro atoms. The number of nitrogens with two attached hydrogens (primary N) is 2. The molecule has 0 fully saturated rings. The predicted octanol–water partition coefficient (Wildman–Crippen LogP) is 1.03. The summed E-state index contributed by atoms with van der Waals surface area (Å²) >= 11 is 0. The number of aromatic nitrogens is 2. The molecule has 2 unspecified atom stereocenters. The number of rotatable bonds is 5. The van der Waals surface area contributed by atoms with Gasteiger partial charge in [-0.25, -0.2) is 9.97 Å². The van der Waals surface area contributed by atoms with E-state index in [-0.39, 0.29) is 12.1 Å². The van der Waals surface area contributed by atoms with Crippen molar-refractivity contribution >= 4 is 0 Å². The van der Waals surface area contributed by atoms with Crippen LogP contribution < -0.4 is 11.5 Å². The lowest BCUT2D eigenvalue weighted by Gasteiger charge is -2.20. The molecule has 0 aliphatic rings. The highest BCUT2D eigenvalue weighted by Crippen LogP contribution is 2.23. The average Bonchev–Trinajstić information content (AvgIpc) is 2.17. The Bertz CT molecular complexity index is 261. The quantitative estimate of drug-likeness (QED) is 0.757. The second-order valence-corrected chi connectivity index (χ2v) is 4.26. The maximum Gasteiger partial charge on any atom is 0.115 e. The molecule has 0 aromatic carbocycles. The highest BCUT2D eigenvalue weighted by Gasteiger charge is 2.16. The molecule has 1 aromatic heterocycles. The van der Waals surface area contributed by atoms with Gasteiger partial charge in [-0.2, -0.15) is 0 Å². The first kappa shape index (κ1) is 12.1. The van der Waals surface area contributed by atoms with Crippen molar-refractivity contribution in [3.05, 3.63) is 24.3 Å². The van der Waals surface area contributed by atoms with Gasteiger partial charge < -0.3 is 11.5 Å². The Morgan fingerprint density at radius 3 is 2.20 bits per heavy atom. The Hall–Kier alpha value is -1.00. The molecule has 4 heteroatoms. The Balaban J connectivity index is 2.72. The lowest BCUT2D eigenvalue weighted by atomic mass is 9.91. The van der Waals surface area contributed by atoms with Crippen LogP contribution >= 0.6 is 0 Å². The molecule has 2 atom stereocenters. The first-order chi connectivity index (χ1) is 7.09. The molecule has 4 nitrogen and oxygen atoms in total. The topological polar surface area (TPSA) is 77.8 Å². The molecule has 0 radical (unpaired) electrons. The van der Waals surface area contributed by atoms with Crippen LogP contribution in [0.5, 0.6) is 0 Å². The monoisotopic (exact) mass is 208 g/mol. The summed E-state index contributed by atoms with van der Waals surface area (Å²) in [6.45, 7) is 4.02. The highest BCUT2D eigenvalue weighted by molar-refractivity contribution is 5.06. The zero-order chi connectivity index (χ0) is 11.3. The van der Waals surface area contributed by atoms with Gasteiger partial charge in [0, 0.05) is 29.9 Å². The van der Waals surface area contributed by atoms with Crippen LogP contribution in [0.2, 0.25) is 0 Å². The van der Waals surface area contributed by atoms with Crippen molar-refractivity contribution in [1.29, 1.82) is 0 Å². The van der Waals surface area contributed by atoms with Gasteiger partial charge in [-0.15, -0.1) is 0 Å². The number of hydrogen-bond acceptors (Lipinski definition) is 4. The molecule has 0 saturated carbocycles. The molecule has 1 heterocycles. The van der Waals surface area contributed by atoms with Gasteiger partial charge in [0.25, 0.3) is 0 Å². The van der Waals surface area contributed by atoms with E-state index in [1.165, 1.54) is 0 Å². The minimum Gasteiger partial charge on any atom is -0.328 e. The molecule has 0 bridgehead atoms. The summed E-state index contributed by atoms with van der Waals surface area (Å²) in [6.07, 6.45) is 5.17. The fraction of sp³-hybridized carbons (Fsp3) is 0.636. The molecule has 0 aliphatic heterocycles. The molecule has 0 saturated heterocycles. The smallest absolute Gasteiger partial charge is 0.115 e. The van der Waals surface area contributed by atoms with Gasteiger partial charge in [-0.1, -0.05) is 0 Å². The minimum atomic E-state index is 0.170. The Morgan fingerprint density at radius 2 is 1.80 bits per heavy atom. The highest BCUT2D eigenvalue weighted by atomic mass is 14.8. The van der Waals surface area contributed by atoms with Gasteiger partial charge in [-0.3, -0.25) is 0 Å². The van der Waals surface area contributed by atoms with Gasteiger partial charge in [-0.05, 0) is 32.8 Å². The fourth-order valence-corrected chi connectivity index (χ4v) is 1.78. The van der Waals surface area contributed by atoms with E-state index in [2.05, 4.69) is 9.97 Å². The van der Waals surface area contributed by atoms with Crippen LogP contribution in [0.3, 0.4) is 0 Å². The molecule has 0 aliphatic carbocycles. The van der Waals surface area contributed by atoms with Crippen LogP contribution in [0, 0.1) is 0 Å². The van der Waals surface area contributed by atoms with Crippen molar-refractivity contribution < 1.29 is 0 Å². The fourth-order valence-electron chi connectivity index (χ4n) is 1.78. The third-order valence-corrected chi connectivity index (χ3v) is 2.34. The van der Waals surface area contributed by atoms with Gasteiger partial charge >= 0.3 is 0 Å². The van der Waals surface area contributed by atoms with Crippen LogP contribution in [0.15, 0.2) is 18.6 Å². The van der Waals surface area contributed by atoms with Crippen molar-refractivity contribution in [2.24, 2.45) is 11.5 Å². The van der Waals surface area contributed by atoms with Crippen molar-refractivity contribution in [1.82, 2.24) is 9.97 Å². The molecule has 15 heavy (non-hydrogen) atoms. The summed E-state index contributed by atoms with van der Waals surface area (Å²) in [7, 11) is 0. The first-order valence-electron chi connectivity index (χ1n) is 5.36. The van der Waals surface area contributed by atoms with Crippen LogP contribution in [0.25, 0.3) is 0 Å². The second kappa shape index (κ2) is 5.78. The third-order valence-electron chi connectivity index (χ3n) is 2.34. The summed E-state index contributed by atoms with van der Waals surface area (Å²) in [5, 5.41) is 0. The molecule has 0 amide bonds. The summed E-state index contributed by atoms with van der Waals surface area (Å²) in [4.78, 5) is 8.18. The average molecular weight is 208 g/mol. The third kappa shape index (κ3) is 4.36. The summed E-state index contributed by atoms with van der Waals surface area (Å²) in [5.41, 5.74) is 12.7. The van der Waals surface area contributed by atoms with Crippen molar-refractivity contribution in [2.45, 2.75) is 44.7 Å². The van der Waals surface area contributed by atoms with E-state index in [0.717, 1.165) is 18.5 Å². The van der Waals surface area contributed by atoms with Gasteiger partial charge in [0.05, 0.1) is 0 Å². The normalized spacial score (nSPS) is 17.1. The predicted molar refractivity (Wildman–Crippen MR) is 61.3 cm³/mol. The maximum absolute atomic E-state index is 5.82. The Labute approximate surface area is 91.1 Å². The van der Waals surface area contributed by atoms with Crippen LogP contribution in [-0.4, -0.2) is 22.1 Å². The van der Waals surface area contributed by atoms with E-state index in [4.69, 9.17) is 11.5 Å². The SMILES string of the molecule is CC(N)CC(CC(C)N)c1ccncn1. The largest absolute Gasteiger partial charge is 0.328 e. The molecule has 4 N–H and O–H groups in total. The lowest BCUT2D eigenvalue weighted by molar-refractivity contribution is 0.477. The van der Waals surface area contributed by atoms with E-state index in [1.807, 2.05) is 19.9 Å². The number of hydrogen-bond donors (Lipinski definition) is 2. The Morgan fingerprint density at radius 1 is 1.20 bits per heavy atom. The van der Waals surface area contributed by atoms with Crippen LogP contribution in [0.1, 0.15) is 38.3 Å². The molecule has 1 aromatic rings. The molecule has 1 rings (SSSR count). The zero-order valence-electron chi connectivity index (χ0n) is 9.43. The van der Waals surface area contributed by atoms with E-state index in [1.54, 1.807) is 12.5 Å². The molecular weight excluding hydrogens is 188 g/mol. The van der Waals surface area contributed by atoms with Crippen molar-refractivity contribution in [2.75, 3.05) is 0 Å². The first-order valence-corrected chi connectivity index (χ1v) is 5.36. The summed E-state index contributed by atoms with van der Waals surface area (Å²) in [6, 6.07) is 2.28. The maximum atomic E-state index is 5.82. The van der Waals surface area contributed by atoms with Gasteiger partial charge in [0.2, 0.25) is 0 Å². The zero-order valence-corrected chi connectivity index (χ0v) is 9.43. The number of nitrogens with zero attached hydrogens (tertiary/aromatic N) is 2. The van der Waals surface area contributed by atoms with Gasteiger partial charge in [0.15, 0.2) is 0 Å². The molecule has 84 valence electrons. The van der Waals surface area contributed by atoms with Crippen molar-refractivity contribution in [3.8, 4) is 0 Å². The van der Waals surface area contributed by atoms with Crippen LogP contribution in [0.4, 0.5) is 0 Å². The molecular formula is C11H20N4. The van der Waals surface area contributed by atoms with Crippen molar-refractivity contribution in [3.63, 3.8) is 0 Å². The second-order valence-electron chi connectivity index (χ2n) is 4.26. The minimum absolute atomic E-state index is 0.170. The lowest BCUT2D eigenvalue weighted by Crippen LogP contribution is -2.24. The van der Waals surface area contributed by atoms with E-state index in [0.29, 0.717) is 5.92 Å². The van der Waals surface area contributed by atoms with Gasteiger partial charge in [0.1, 0.15) is 6.33 Å². The standard InChI is InChI=1S/C11H20N4/c1-8(12)5-10(6-9(2)13)11-3-4-14-7-15-11/h3-4,7-10H,5-6,12-13H2,1-2H3. The van der Waals surface area contributed by atoms with E-state index in [9.17, 15) is 0 Å². The summed E-state index contributed by atoms with van der Waals surface area (Å²) < 4.78 is 0. The summed E-state index contributed by atoms with van der Waals surface area (Å²) in [5.74, 6) is 0.341. The van der Waals surface area contributed by atoms with E-state index < -0.39 is 0 Å². The van der Waals surface area contributed by atoms with E-state index >= 15 is 0 Å².